The van der Waals surface area contributed by atoms with Crippen LogP contribution in [0.2, 0.25) is 0 Å². The van der Waals surface area contributed by atoms with Crippen LogP contribution in [0.25, 0.3) is 0 Å². The quantitative estimate of drug-likeness (QED) is 0.565. The van der Waals surface area contributed by atoms with Crippen LogP contribution in [0, 0.1) is 10.8 Å². The van der Waals surface area contributed by atoms with Gasteiger partial charge in [0.15, 0.2) is 0 Å². The van der Waals surface area contributed by atoms with Gasteiger partial charge in [0.05, 0.1) is 0 Å². The molecule has 0 spiro atoms. The van der Waals surface area contributed by atoms with E-state index in [2.05, 4.69) is 6.92 Å². The number of aliphatic hydroxyl groups is 1. The van der Waals surface area contributed by atoms with Gasteiger partial charge in [-0.3, -0.25) is 0 Å². The molecule has 0 radical (unpaired) electrons. The lowest BCUT2D eigenvalue weighted by Crippen LogP contribution is -2.08. The summed E-state index contributed by atoms with van der Waals surface area (Å²) < 4.78 is 0. The Balaban J connectivity index is 2.19. The number of fused-ring (bicyclic) bond motifs is 1. The molecule has 0 saturated heterocycles. The predicted octanol–water partition coefficient (Wildman–Crippen LogP) is 1.56. The molecule has 2 atom stereocenters. The molecule has 9 heavy (non-hydrogen) atoms. The number of rotatable bonds is 1. The average Bonchev–Trinajstić information content (AvgIpc) is 2.29. The van der Waals surface area contributed by atoms with Gasteiger partial charge in [0.2, 0.25) is 0 Å². The first-order valence-corrected chi connectivity index (χ1v) is 3.83. The van der Waals surface area contributed by atoms with E-state index in [1.807, 2.05) is 0 Å². The first-order chi connectivity index (χ1) is 4.22. The third kappa shape index (κ3) is 0.493. The minimum atomic E-state index is 0.396. The molecule has 2 aliphatic carbocycles. The molecule has 0 aliphatic heterocycles. The zero-order chi connectivity index (χ0) is 6.54. The Morgan fingerprint density at radius 3 is 2.44 bits per heavy atom. The molecular formula is C8H14O. The van der Waals surface area contributed by atoms with Crippen molar-refractivity contribution < 1.29 is 5.11 Å². The maximum Gasteiger partial charge on any atom is 0.0492 e. The largest absolute Gasteiger partial charge is 0.396 e. The minimum absolute atomic E-state index is 0.396. The molecule has 2 saturated carbocycles. The Morgan fingerprint density at radius 2 is 2.22 bits per heavy atom. The molecule has 0 bridgehead atoms. The first kappa shape index (κ1) is 5.72. The molecule has 0 aromatic rings. The van der Waals surface area contributed by atoms with Gasteiger partial charge in [-0.05, 0) is 30.1 Å². The van der Waals surface area contributed by atoms with E-state index in [0.717, 1.165) is 0 Å². The lowest BCUT2D eigenvalue weighted by atomic mass is 10.00. The van der Waals surface area contributed by atoms with Crippen LogP contribution in [-0.4, -0.2) is 11.7 Å². The molecule has 0 aromatic heterocycles. The molecular weight excluding hydrogens is 112 g/mol. The van der Waals surface area contributed by atoms with E-state index in [9.17, 15) is 0 Å². The van der Waals surface area contributed by atoms with E-state index in [1.54, 1.807) is 0 Å². The van der Waals surface area contributed by atoms with E-state index in [-0.39, 0.29) is 0 Å². The Bertz CT molecular complexity index is 140. The van der Waals surface area contributed by atoms with Crippen molar-refractivity contribution in [3.05, 3.63) is 0 Å². The maximum atomic E-state index is 9.03. The van der Waals surface area contributed by atoms with Gasteiger partial charge < -0.3 is 5.11 Å². The summed E-state index contributed by atoms with van der Waals surface area (Å²) in [6.45, 7) is 2.75. The Morgan fingerprint density at radius 1 is 1.44 bits per heavy atom. The van der Waals surface area contributed by atoms with E-state index in [0.29, 0.717) is 17.4 Å². The number of hydrogen-bond acceptors (Lipinski definition) is 1. The van der Waals surface area contributed by atoms with Crippen LogP contribution >= 0.6 is 0 Å². The predicted molar refractivity (Wildman–Crippen MR) is 36.1 cm³/mol. The molecule has 0 amide bonds. The van der Waals surface area contributed by atoms with Crippen molar-refractivity contribution in [1.29, 1.82) is 0 Å². The van der Waals surface area contributed by atoms with Gasteiger partial charge >= 0.3 is 0 Å². The summed E-state index contributed by atoms with van der Waals surface area (Å²) in [6.07, 6.45) is 5.26. The highest BCUT2D eigenvalue weighted by molar-refractivity contribution is 5.15. The molecule has 0 aromatic carbocycles. The second-order valence-corrected chi connectivity index (χ2v) is 4.03. The van der Waals surface area contributed by atoms with Crippen molar-refractivity contribution in [2.24, 2.45) is 10.8 Å². The topological polar surface area (TPSA) is 20.2 Å². The number of aliphatic hydroxyl groups excluding tert-OH is 1. The van der Waals surface area contributed by atoms with Crippen LogP contribution in [0.4, 0.5) is 0 Å². The van der Waals surface area contributed by atoms with E-state index >= 15 is 0 Å². The van der Waals surface area contributed by atoms with Crippen molar-refractivity contribution in [2.45, 2.75) is 32.6 Å². The SMILES string of the molecule is C[C@]12CCC[C@]1(CO)C2. The standard InChI is InChI=1S/C8H14O/c1-7-3-2-4-8(7,5-7)6-9/h9H,2-6H2,1H3/t7-,8-/m1/s1. The van der Waals surface area contributed by atoms with Gasteiger partial charge in [-0.1, -0.05) is 13.3 Å². The fourth-order valence-electron chi connectivity index (χ4n) is 2.59. The van der Waals surface area contributed by atoms with Crippen molar-refractivity contribution in [3.63, 3.8) is 0 Å². The van der Waals surface area contributed by atoms with Gasteiger partial charge in [-0.15, -0.1) is 0 Å². The summed E-state index contributed by atoms with van der Waals surface area (Å²) in [5.74, 6) is 0. The maximum absolute atomic E-state index is 9.03. The van der Waals surface area contributed by atoms with Crippen LogP contribution in [0.1, 0.15) is 32.6 Å². The fourth-order valence-corrected chi connectivity index (χ4v) is 2.59. The van der Waals surface area contributed by atoms with E-state index in [1.165, 1.54) is 25.7 Å². The first-order valence-electron chi connectivity index (χ1n) is 3.83. The minimum Gasteiger partial charge on any atom is -0.396 e. The number of hydrogen-bond donors (Lipinski definition) is 1. The molecule has 2 rings (SSSR count). The van der Waals surface area contributed by atoms with Crippen molar-refractivity contribution in [2.75, 3.05) is 6.61 Å². The van der Waals surface area contributed by atoms with Crippen LogP contribution in [-0.2, 0) is 0 Å². The lowest BCUT2D eigenvalue weighted by molar-refractivity contribution is 0.190. The zero-order valence-electron chi connectivity index (χ0n) is 5.98. The molecule has 1 N–H and O–H groups in total. The summed E-state index contributed by atoms with van der Waals surface area (Å²) in [7, 11) is 0. The lowest BCUT2D eigenvalue weighted by Gasteiger charge is -2.08. The third-order valence-electron chi connectivity index (χ3n) is 3.57. The van der Waals surface area contributed by atoms with Crippen LogP contribution in [0.5, 0.6) is 0 Å². The monoisotopic (exact) mass is 126 g/mol. The summed E-state index contributed by atoms with van der Waals surface area (Å²) in [5, 5.41) is 9.03. The van der Waals surface area contributed by atoms with Crippen molar-refractivity contribution >= 4 is 0 Å². The molecule has 0 unspecified atom stereocenters. The fraction of sp³-hybridized carbons (Fsp3) is 1.00. The molecule has 2 aliphatic rings. The molecule has 1 heteroatoms. The van der Waals surface area contributed by atoms with Crippen LogP contribution in [0.15, 0.2) is 0 Å². The Hall–Kier alpha value is -0.0400. The molecule has 52 valence electrons. The van der Waals surface area contributed by atoms with Crippen molar-refractivity contribution in [3.8, 4) is 0 Å². The molecule has 1 nitrogen and oxygen atoms in total. The average molecular weight is 126 g/mol. The smallest absolute Gasteiger partial charge is 0.0492 e. The highest BCUT2D eigenvalue weighted by atomic mass is 16.3. The van der Waals surface area contributed by atoms with Gasteiger partial charge in [-0.25, -0.2) is 0 Å². The van der Waals surface area contributed by atoms with E-state index < -0.39 is 0 Å². The van der Waals surface area contributed by atoms with Crippen molar-refractivity contribution in [1.82, 2.24) is 0 Å². The van der Waals surface area contributed by atoms with Crippen LogP contribution in [0.3, 0.4) is 0 Å². The third-order valence-corrected chi connectivity index (χ3v) is 3.57. The van der Waals surface area contributed by atoms with E-state index in [4.69, 9.17) is 5.11 Å². The molecule has 0 heterocycles. The van der Waals surface area contributed by atoms with Crippen LogP contribution < -0.4 is 0 Å². The van der Waals surface area contributed by atoms with Gasteiger partial charge in [-0.2, -0.15) is 0 Å². The second-order valence-electron chi connectivity index (χ2n) is 4.03. The van der Waals surface area contributed by atoms with Gasteiger partial charge in [0.25, 0.3) is 0 Å². The van der Waals surface area contributed by atoms with Gasteiger partial charge in [0.1, 0.15) is 0 Å². The molecule has 2 fully saturated rings. The summed E-state index contributed by atoms with van der Waals surface area (Å²) in [4.78, 5) is 0. The summed E-state index contributed by atoms with van der Waals surface area (Å²) in [5.41, 5.74) is 0.953. The highest BCUT2D eigenvalue weighted by Crippen LogP contribution is 2.72. The second kappa shape index (κ2) is 1.34. The zero-order valence-corrected chi connectivity index (χ0v) is 5.98. The summed E-state index contributed by atoms with van der Waals surface area (Å²) in [6, 6.07) is 0. The Labute approximate surface area is 56.1 Å². The Kier molecular flexibility index (Phi) is 0.852. The normalized spacial score (nSPS) is 55.3. The highest BCUT2D eigenvalue weighted by Gasteiger charge is 2.65. The van der Waals surface area contributed by atoms with Gasteiger partial charge in [0, 0.05) is 6.61 Å². The summed E-state index contributed by atoms with van der Waals surface area (Å²) >= 11 is 0.